The SMILES string of the molecule is CCCOC(=O)c1cc(-c2ccn3nc(N)nc3c2)cnc1OCCC.Cl. The number of carbonyl (C=O) groups is 1. The molecular weight excluding hydrogens is 370 g/mol. The van der Waals surface area contributed by atoms with Crippen LogP contribution >= 0.6 is 12.4 Å². The van der Waals surface area contributed by atoms with Gasteiger partial charge in [0.2, 0.25) is 11.8 Å². The second kappa shape index (κ2) is 9.18. The number of carbonyl (C=O) groups excluding carboxylic acids is 1. The number of anilines is 1. The van der Waals surface area contributed by atoms with E-state index in [1.165, 1.54) is 0 Å². The summed E-state index contributed by atoms with van der Waals surface area (Å²) in [5, 5.41) is 4.05. The van der Waals surface area contributed by atoms with Gasteiger partial charge < -0.3 is 15.2 Å². The zero-order valence-corrected chi connectivity index (χ0v) is 16.0. The van der Waals surface area contributed by atoms with Gasteiger partial charge in [-0.05, 0) is 36.6 Å². The van der Waals surface area contributed by atoms with Gasteiger partial charge in [0.05, 0.1) is 13.2 Å². The Morgan fingerprint density at radius 1 is 1.19 bits per heavy atom. The van der Waals surface area contributed by atoms with E-state index in [0.29, 0.717) is 24.4 Å². The third-order valence-electron chi connectivity index (χ3n) is 3.64. The fraction of sp³-hybridized carbons (Fsp3) is 0.333. The monoisotopic (exact) mass is 391 g/mol. The van der Waals surface area contributed by atoms with Crippen molar-refractivity contribution in [1.29, 1.82) is 0 Å². The lowest BCUT2D eigenvalue weighted by Gasteiger charge is -2.11. The number of rotatable bonds is 7. The summed E-state index contributed by atoms with van der Waals surface area (Å²) in [5.74, 6) is 0.0389. The van der Waals surface area contributed by atoms with E-state index >= 15 is 0 Å². The number of ether oxygens (including phenoxy) is 2. The highest BCUT2D eigenvalue weighted by Gasteiger charge is 2.17. The first-order valence-electron chi connectivity index (χ1n) is 8.54. The molecule has 3 aromatic heterocycles. The molecule has 0 saturated heterocycles. The summed E-state index contributed by atoms with van der Waals surface area (Å²) < 4.78 is 12.4. The maximum absolute atomic E-state index is 12.4. The minimum atomic E-state index is -0.444. The maximum Gasteiger partial charge on any atom is 0.343 e. The standard InChI is InChI=1S/C18H21N5O3.ClH/c1-3-7-25-16-14(17(24)26-8-4-2)9-13(11-20-16)12-5-6-23-15(10-12)21-18(19)22-23;/h5-6,9-11H,3-4,7-8H2,1-2H3,(H2,19,22);1H. The molecular formula is C18H22ClN5O3. The Morgan fingerprint density at radius 2 is 1.96 bits per heavy atom. The van der Waals surface area contributed by atoms with E-state index in [1.54, 1.807) is 23.0 Å². The molecule has 3 rings (SSSR count). The molecule has 0 aliphatic rings. The van der Waals surface area contributed by atoms with E-state index in [4.69, 9.17) is 15.2 Å². The molecule has 0 fully saturated rings. The van der Waals surface area contributed by atoms with E-state index < -0.39 is 5.97 Å². The lowest BCUT2D eigenvalue weighted by molar-refractivity contribution is 0.0499. The van der Waals surface area contributed by atoms with Crippen LogP contribution in [0.2, 0.25) is 0 Å². The van der Waals surface area contributed by atoms with E-state index in [1.807, 2.05) is 26.0 Å². The van der Waals surface area contributed by atoms with Crippen molar-refractivity contribution in [3.05, 3.63) is 36.2 Å². The van der Waals surface area contributed by atoms with Crippen molar-refractivity contribution in [2.75, 3.05) is 18.9 Å². The summed E-state index contributed by atoms with van der Waals surface area (Å²) in [6, 6.07) is 5.40. The van der Waals surface area contributed by atoms with Crippen molar-refractivity contribution in [3.8, 4) is 17.0 Å². The molecule has 8 nitrogen and oxygen atoms in total. The van der Waals surface area contributed by atoms with Crippen molar-refractivity contribution in [2.24, 2.45) is 0 Å². The van der Waals surface area contributed by atoms with Crippen molar-refractivity contribution >= 4 is 30.0 Å². The first kappa shape index (κ1) is 20.4. The molecule has 0 aromatic carbocycles. The van der Waals surface area contributed by atoms with Gasteiger partial charge in [-0.15, -0.1) is 17.5 Å². The highest BCUT2D eigenvalue weighted by molar-refractivity contribution is 5.93. The molecule has 0 aliphatic heterocycles. The average molecular weight is 392 g/mol. The Bertz CT molecular complexity index is 929. The molecule has 0 amide bonds. The molecule has 0 atom stereocenters. The van der Waals surface area contributed by atoms with Crippen LogP contribution in [0.5, 0.6) is 5.88 Å². The number of nitrogen functional groups attached to an aromatic ring is 1. The molecule has 0 bridgehead atoms. The van der Waals surface area contributed by atoms with E-state index in [-0.39, 0.29) is 24.2 Å². The Hall–Kier alpha value is -2.87. The normalized spacial score (nSPS) is 10.4. The first-order chi connectivity index (χ1) is 12.6. The predicted octanol–water partition coefficient (Wildman–Crippen LogP) is 3.15. The number of halogens is 1. The number of aromatic nitrogens is 4. The molecule has 0 radical (unpaired) electrons. The fourth-order valence-corrected chi connectivity index (χ4v) is 2.42. The molecule has 0 unspecified atom stereocenters. The summed E-state index contributed by atoms with van der Waals surface area (Å²) in [7, 11) is 0. The predicted molar refractivity (Wildman–Crippen MR) is 104 cm³/mol. The molecule has 9 heteroatoms. The van der Waals surface area contributed by atoms with Crippen molar-refractivity contribution < 1.29 is 14.3 Å². The van der Waals surface area contributed by atoms with Gasteiger partial charge in [0.25, 0.3) is 0 Å². The Kier molecular flexibility index (Phi) is 6.95. The second-order valence-corrected chi connectivity index (χ2v) is 5.75. The van der Waals surface area contributed by atoms with Crippen molar-refractivity contribution in [2.45, 2.75) is 26.7 Å². The molecule has 0 aliphatic carbocycles. The molecule has 3 heterocycles. The number of hydrogen-bond acceptors (Lipinski definition) is 7. The molecule has 2 N–H and O–H groups in total. The second-order valence-electron chi connectivity index (χ2n) is 5.75. The van der Waals surface area contributed by atoms with Crippen LogP contribution in [0.25, 0.3) is 16.8 Å². The van der Waals surface area contributed by atoms with Crippen molar-refractivity contribution in [1.82, 2.24) is 19.6 Å². The Balaban J connectivity index is 0.00000261. The fourth-order valence-electron chi connectivity index (χ4n) is 2.42. The van der Waals surface area contributed by atoms with Crippen LogP contribution in [0, 0.1) is 0 Å². The van der Waals surface area contributed by atoms with Gasteiger partial charge in [-0.25, -0.2) is 14.3 Å². The van der Waals surface area contributed by atoms with E-state index in [0.717, 1.165) is 24.0 Å². The topological polar surface area (TPSA) is 105 Å². The Morgan fingerprint density at radius 3 is 2.70 bits per heavy atom. The maximum atomic E-state index is 12.4. The molecule has 144 valence electrons. The largest absolute Gasteiger partial charge is 0.477 e. The quantitative estimate of drug-likeness (QED) is 0.616. The molecule has 27 heavy (non-hydrogen) atoms. The Labute approximate surface area is 163 Å². The molecule has 0 spiro atoms. The lowest BCUT2D eigenvalue weighted by atomic mass is 10.1. The van der Waals surface area contributed by atoms with Crippen molar-refractivity contribution in [3.63, 3.8) is 0 Å². The summed E-state index contributed by atoms with van der Waals surface area (Å²) in [6.45, 7) is 4.76. The van der Waals surface area contributed by atoms with Crippen LogP contribution in [0.4, 0.5) is 5.95 Å². The third kappa shape index (κ3) is 4.65. The number of nitrogens with zero attached hydrogens (tertiary/aromatic N) is 4. The first-order valence-corrected chi connectivity index (χ1v) is 8.54. The van der Waals surface area contributed by atoms with Crippen LogP contribution in [0.15, 0.2) is 30.6 Å². The smallest absolute Gasteiger partial charge is 0.343 e. The summed E-state index contributed by atoms with van der Waals surface area (Å²) >= 11 is 0. The van der Waals surface area contributed by atoms with Gasteiger partial charge >= 0.3 is 5.97 Å². The van der Waals surface area contributed by atoms with Gasteiger partial charge in [-0.2, -0.15) is 4.98 Å². The van der Waals surface area contributed by atoms with Crippen LogP contribution < -0.4 is 10.5 Å². The minimum absolute atomic E-state index is 0. The average Bonchev–Trinajstić information content (AvgIpc) is 3.03. The zero-order chi connectivity index (χ0) is 18.5. The number of fused-ring (bicyclic) bond motifs is 1. The van der Waals surface area contributed by atoms with Crippen LogP contribution in [0.3, 0.4) is 0 Å². The van der Waals surface area contributed by atoms with Crippen LogP contribution in [-0.4, -0.2) is 38.8 Å². The summed E-state index contributed by atoms with van der Waals surface area (Å²) in [4.78, 5) is 20.9. The number of pyridine rings is 2. The van der Waals surface area contributed by atoms with Gasteiger partial charge in [-0.1, -0.05) is 13.8 Å². The van der Waals surface area contributed by atoms with Gasteiger partial charge in [-0.3, -0.25) is 0 Å². The van der Waals surface area contributed by atoms with Gasteiger partial charge in [0.15, 0.2) is 5.65 Å². The minimum Gasteiger partial charge on any atom is -0.477 e. The molecule has 0 saturated carbocycles. The van der Waals surface area contributed by atoms with Crippen LogP contribution in [-0.2, 0) is 4.74 Å². The third-order valence-corrected chi connectivity index (χ3v) is 3.64. The highest BCUT2D eigenvalue weighted by atomic mass is 35.5. The lowest BCUT2D eigenvalue weighted by Crippen LogP contribution is -2.10. The number of hydrogen-bond donors (Lipinski definition) is 1. The number of nitrogens with two attached hydrogens (primary N) is 1. The summed E-state index contributed by atoms with van der Waals surface area (Å²) in [5.41, 5.74) is 8.13. The number of esters is 1. The van der Waals surface area contributed by atoms with Crippen LogP contribution in [0.1, 0.15) is 37.0 Å². The van der Waals surface area contributed by atoms with Gasteiger partial charge in [0.1, 0.15) is 5.56 Å². The molecule has 3 aromatic rings. The zero-order valence-electron chi connectivity index (χ0n) is 15.2. The highest BCUT2D eigenvalue weighted by Crippen LogP contribution is 2.26. The van der Waals surface area contributed by atoms with E-state index in [2.05, 4.69) is 15.1 Å². The van der Waals surface area contributed by atoms with Gasteiger partial charge in [0, 0.05) is 18.0 Å². The summed E-state index contributed by atoms with van der Waals surface area (Å²) in [6.07, 6.45) is 4.98. The van der Waals surface area contributed by atoms with E-state index in [9.17, 15) is 4.79 Å².